The van der Waals surface area contributed by atoms with Gasteiger partial charge in [0.05, 0.1) is 18.7 Å². The summed E-state index contributed by atoms with van der Waals surface area (Å²) in [6.45, 7) is 5.66. The molecule has 0 bridgehead atoms. The number of carbonyl (C=O) groups excluding carboxylic acids is 1. The SMILES string of the molecule is CCCC#Cc1ccc2c(c1)O[C@@H](CN(C)C(=O)c1cccnc1)[C@H](C)CN([C@H](C)CO)S2(=O)=O. The molecule has 9 heteroatoms. The topological polar surface area (TPSA) is 100 Å². The number of sulfonamides is 1. The highest BCUT2D eigenvalue weighted by molar-refractivity contribution is 7.89. The minimum Gasteiger partial charge on any atom is -0.487 e. The normalized spacial score (nSPS) is 20.3. The van der Waals surface area contributed by atoms with Gasteiger partial charge >= 0.3 is 0 Å². The number of unbranched alkanes of at least 4 members (excludes halogenated alkanes) is 1. The molecule has 1 aliphatic heterocycles. The number of aromatic nitrogens is 1. The fourth-order valence-electron chi connectivity index (χ4n) is 3.87. The van der Waals surface area contributed by atoms with Gasteiger partial charge in [0.1, 0.15) is 16.7 Å². The van der Waals surface area contributed by atoms with Crippen molar-refractivity contribution >= 4 is 15.9 Å². The Morgan fingerprint density at radius 2 is 2.14 bits per heavy atom. The lowest BCUT2D eigenvalue weighted by Gasteiger charge is -2.37. The van der Waals surface area contributed by atoms with Crippen molar-refractivity contribution in [2.45, 2.75) is 50.7 Å². The predicted octanol–water partition coefficient (Wildman–Crippen LogP) is 2.77. The molecule has 3 atom stereocenters. The first-order valence-corrected chi connectivity index (χ1v) is 13.2. The van der Waals surface area contributed by atoms with Crippen LogP contribution in [0, 0.1) is 17.8 Å². The summed E-state index contributed by atoms with van der Waals surface area (Å²) in [5, 5.41) is 9.78. The molecule has 0 fully saturated rings. The smallest absolute Gasteiger partial charge is 0.255 e. The van der Waals surface area contributed by atoms with Crippen LogP contribution in [0.2, 0.25) is 0 Å². The Bertz CT molecular complexity index is 1190. The molecule has 2 heterocycles. The highest BCUT2D eigenvalue weighted by Crippen LogP contribution is 2.34. The first kappa shape index (κ1) is 26.7. The molecule has 0 radical (unpaired) electrons. The number of nitrogens with zero attached hydrogens (tertiary/aromatic N) is 3. The summed E-state index contributed by atoms with van der Waals surface area (Å²) in [6, 6.07) is 7.60. The average Bonchev–Trinajstić information content (AvgIpc) is 2.85. The van der Waals surface area contributed by atoms with Gasteiger partial charge < -0.3 is 14.7 Å². The van der Waals surface area contributed by atoms with Gasteiger partial charge in [-0.15, -0.1) is 0 Å². The zero-order valence-corrected chi connectivity index (χ0v) is 21.5. The predicted molar refractivity (Wildman–Crippen MR) is 133 cm³/mol. The second-order valence-corrected chi connectivity index (χ2v) is 10.7. The summed E-state index contributed by atoms with van der Waals surface area (Å²) in [4.78, 5) is 18.5. The van der Waals surface area contributed by atoms with Crippen molar-refractivity contribution < 1.29 is 23.1 Å². The highest BCUT2D eigenvalue weighted by Gasteiger charge is 2.38. The van der Waals surface area contributed by atoms with E-state index in [-0.39, 0.29) is 42.2 Å². The van der Waals surface area contributed by atoms with Crippen LogP contribution in [0.5, 0.6) is 5.75 Å². The summed E-state index contributed by atoms with van der Waals surface area (Å²) in [7, 11) is -2.25. The van der Waals surface area contributed by atoms with Crippen LogP contribution in [-0.2, 0) is 10.0 Å². The minimum atomic E-state index is -3.93. The lowest BCUT2D eigenvalue weighted by molar-refractivity contribution is 0.0563. The quantitative estimate of drug-likeness (QED) is 0.614. The first-order chi connectivity index (χ1) is 16.7. The van der Waals surface area contributed by atoms with E-state index in [2.05, 4.69) is 16.8 Å². The van der Waals surface area contributed by atoms with Gasteiger partial charge in [0.2, 0.25) is 10.0 Å². The molecule has 1 N–H and O–H groups in total. The van der Waals surface area contributed by atoms with Crippen molar-refractivity contribution in [3.05, 3.63) is 53.9 Å². The highest BCUT2D eigenvalue weighted by atomic mass is 32.2. The van der Waals surface area contributed by atoms with Crippen LogP contribution in [0.3, 0.4) is 0 Å². The number of likely N-dealkylation sites (N-methyl/N-ethyl adjacent to an activating group) is 1. The molecule has 1 aliphatic rings. The van der Waals surface area contributed by atoms with E-state index in [9.17, 15) is 18.3 Å². The van der Waals surface area contributed by atoms with E-state index in [4.69, 9.17) is 4.74 Å². The number of hydrogen-bond acceptors (Lipinski definition) is 6. The Labute approximate surface area is 208 Å². The Balaban J connectivity index is 2.01. The standard InChI is InChI=1S/C26H33N3O5S/c1-5-6-7-9-21-11-12-25-23(14-21)34-24(17-28(4)26(31)22-10-8-13-27-15-22)19(2)16-29(20(3)18-30)35(25,32)33/h8,10-15,19-20,24,30H,5-6,16-18H2,1-4H3/t19-,20-,24+/m1/s1. The molecule has 2 aromatic rings. The second-order valence-electron chi connectivity index (χ2n) is 8.88. The van der Waals surface area contributed by atoms with Gasteiger partial charge in [-0.25, -0.2) is 8.42 Å². The molecule has 0 spiro atoms. The number of fused-ring (bicyclic) bond motifs is 1. The van der Waals surface area contributed by atoms with E-state index < -0.39 is 22.2 Å². The van der Waals surface area contributed by atoms with Crippen molar-refractivity contribution in [1.29, 1.82) is 0 Å². The minimum absolute atomic E-state index is 0.0250. The van der Waals surface area contributed by atoms with Crippen LogP contribution in [0.25, 0.3) is 0 Å². The van der Waals surface area contributed by atoms with Gasteiger partial charge in [-0.3, -0.25) is 9.78 Å². The number of ether oxygens (including phenoxy) is 1. The zero-order chi connectivity index (χ0) is 25.6. The second kappa shape index (κ2) is 11.7. The third-order valence-corrected chi connectivity index (χ3v) is 8.00. The lowest BCUT2D eigenvalue weighted by Crippen LogP contribution is -2.50. The molecule has 8 nitrogen and oxygen atoms in total. The van der Waals surface area contributed by atoms with E-state index in [1.807, 2.05) is 13.8 Å². The van der Waals surface area contributed by atoms with Crippen LogP contribution >= 0.6 is 0 Å². The van der Waals surface area contributed by atoms with E-state index >= 15 is 0 Å². The molecular weight excluding hydrogens is 466 g/mol. The van der Waals surface area contributed by atoms with Gasteiger partial charge in [0, 0.05) is 49.9 Å². The summed E-state index contributed by atoms with van der Waals surface area (Å²) >= 11 is 0. The molecule has 35 heavy (non-hydrogen) atoms. The Hall–Kier alpha value is -2.93. The average molecular weight is 500 g/mol. The van der Waals surface area contributed by atoms with Crippen molar-refractivity contribution in [3.63, 3.8) is 0 Å². The van der Waals surface area contributed by atoms with Crippen LogP contribution < -0.4 is 4.74 Å². The molecular formula is C26H33N3O5S. The number of rotatable bonds is 6. The van der Waals surface area contributed by atoms with Crippen LogP contribution in [-0.4, -0.2) is 72.5 Å². The fraction of sp³-hybridized carbons (Fsp3) is 0.462. The molecule has 0 aliphatic carbocycles. The largest absolute Gasteiger partial charge is 0.487 e. The van der Waals surface area contributed by atoms with Crippen molar-refractivity contribution in [3.8, 4) is 17.6 Å². The van der Waals surface area contributed by atoms with Crippen LogP contribution in [0.15, 0.2) is 47.6 Å². The van der Waals surface area contributed by atoms with E-state index in [0.717, 1.165) is 12.8 Å². The van der Waals surface area contributed by atoms with Gasteiger partial charge in [0.25, 0.3) is 5.91 Å². The van der Waals surface area contributed by atoms with Gasteiger partial charge in [-0.1, -0.05) is 25.7 Å². The molecule has 188 valence electrons. The van der Waals surface area contributed by atoms with E-state index in [1.165, 1.54) is 16.6 Å². The third-order valence-electron chi connectivity index (χ3n) is 5.98. The zero-order valence-electron chi connectivity index (χ0n) is 20.6. The lowest BCUT2D eigenvalue weighted by atomic mass is 10.0. The summed E-state index contributed by atoms with van der Waals surface area (Å²) in [5.41, 5.74) is 1.11. The third kappa shape index (κ3) is 6.20. The van der Waals surface area contributed by atoms with Crippen molar-refractivity contribution in [2.75, 3.05) is 26.7 Å². The number of hydrogen-bond donors (Lipinski definition) is 1. The number of amides is 1. The first-order valence-electron chi connectivity index (χ1n) is 11.8. The number of carbonyl (C=O) groups is 1. The van der Waals surface area contributed by atoms with Gasteiger partial charge in [0.15, 0.2) is 0 Å². The van der Waals surface area contributed by atoms with Crippen molar-refractivity contribution in [2.24, 2.45) is 5.92 Å². The number of benzene rings is 1. The van der Waals surface area contributed by atoms with E-state index in [1.54, 1.807) is 49.3 Å². The fourth-order valence-corrected chi connectivity index (χ4v) is 5.70. The summed E-state index contributed by atoms with van der Waals surface area (Å²) in [6.07, 6.45) is 4.27. The van der Waals surface area contributed by atoms with Crippen molar-refractivity contribution in [1.82, 2.24) is 14.2 Å². The summed E-state index contributed by atoms with van der Waals surface area (Å²) in [5.74, 6) is 5.85. The molecule has 0 unspecified atom stereocenters. The van der Waals surface area contributed by atoms with Gasteiger partial charge in [-0.2, -0.15) is 4.31 Å². The maximum atomic E-state index is 13.5. The molecule has 1 aromatic heterocycles. The molecule has 3 rings (SSSR count). The maximum absolute atomic E-state index is 13.5. The molecule has 0 saturated heterocycles. The Morgan fingerprint density at radius 1 is 1.37 bits per heavy atom. The molecule has 1 amide bonds. The van der Waals surface area contributed by atoms with Crippen LogP contribution in [0.4, 0.5) is 0 Å². The van der Waals surface area contributed by atoms with E-state index in [0.29, 0.717) is 11.1 Å². The Morgan fingerprint density at radius 3 is 2.80 bits per heavy atom. The van der Waals surface area contributed by atoms with Crippen LogP contribution in [0.1, 0.15) is 49.5 Å². The Kier molecular flexibility index (Phi) is 8.89. The maximum Gasteiger partial charge on any atom is 0.255 e. The number of pyridine rings is 1. The molecule has 1 aromatic carbocycles. The van der Waals surface area contributed by atoms with Gasteiger partial charge in [-0.05, 0) is 43.7 Å². The monoisotopic (exact) mass is 499 g/mol. The number of aliphatic hydroxyl groups is 1. The molecule has 0 saturated carbocycles. The number of aliphatic hydroxyl groups excluding tert-OH is 1. The summed E-state index contributed by atoms with van der Waals surface area (Å²) < 4.78 is 34.7.